The highest BCUT2D eigenvalue weighted by Gasteiger charge is 2.18. The van der Waals surface area contributed by atoms with Gasteiger partial charge < -0.3 is 21.1 Å². The van der Waals surface area contributed by atoms with Gasteiger partial charge in [0.05, 0.1) is 11.7 Å². The van der Waals surface area contributed by atoms with E-state index >= 15 is 0 Å². The van der Waals surface area contributed by atoms with Crippen LogP contribution in [-0.2, 0) is 19.2 Å². The Morgan fingerprint density at radius 3 is 2.13 bits per heavy atom. The number of rotatable bonds is 10. The van der Waals surface area contributed by atoms with Gasteiger partial charge >= 0.3 is 5.97 Å². The first-order valence-electron chi connectivity index (χ1n) is 9.73. The summed E-state index contributed by atoms with van der Waals surface area (Å²) in [5.41, 5.74) is 1.82. The Labute approximate surface area is 184 Å². The third-order valence-electron chi connectivity index (χ3n) is 4.10. The normalized spacial score (nSPS) is 11.3. The fraction of sp³-hybridized carbons (Fsp3) is 0.273. The summed E-state index contributed by atoms with van der Waals surface area (Å²) in [6, 6.07) is 13.9. The van der Waals surface area contributed by atoms with Crippen LogP contribution in [0.25, 0.3) is 0 Å². The molecule has 0 saturated carbocycles. The molecule has 0 aliphatic heterocycles. The van der Waals surface area contributed by atoms with Gasteiger partial charge in [-0.2, -0.15) is 0 Å². The molecule has 0 saturated heterocycles. The minimum Gasteiger partial charge on any atom is -0.481 e. The zero-order chi connectivity index (χ0) is 22.8. The number of hydrogen-bond acceptors (Lipinski definition) is 5. The Morgan fingerprint density at radius 1 is 0.903 bits per heavy atom. The van der Waals surface area contributed by atoms with Crippen molar-refractivity contribution < 1.29 is 24.3 Å². The Hall–Kier alpha value is -3.33. The lowest BCUT2D eigenvalue weighted by molar-refractivity contribution is -0.138. The molecule has 4 N–H and O–H groups in total. The molecule has 164 valence electrons. The average molecular weight is 444 g/mol. The molecule has 0 aliphatic rings. The zero-order valence-electron chi connectivity index (χ0n) is 17.3. The third-order valence-corrected chi connectivity index (χ3v) is 5.46. The predicted octanol–water partition coefficient (Wildman–Crippen LogP) is 3.96. The molecule has 9 heteroatoms. The summed E-state index contributed by atoms with van der Waals surface area (Å²) < 4.78 is 0. The second-order valence-electron chi connectivity index (χ2n) is 6.73. The van der Waals surface area contributed by atoms with Crippen molar-refractivity contribution in [1.29, 1.82) is 0 Å². The summed E-state index contributed by atoms with van der Waals surface area (Å²) in [5.74, 6) is -1.73. The van der Waals surface area contributed by atoms with Crippen LogP contribution in [0.1, 0.15) is 33.1 Å². The van der Waals surface area contributed by atoms with Crippen molar-refractivity contribution in [3.05, 3.63) is 48.5 Å². The first kappa shape index (κ1) is 23.9. The molecular formula is C22H25N3O5S. The van der Waals surface area contributed by atoms with E-state index in [2.05, 4.69) is 16.0 Å². The van der Waals surface area contributed by atoms with Crippen LogP contribution in [0, 0.1) is 0 Å². The molecule has 31 heavy (non-hydrogen) atoms. The van der Waals surface area contributed by atoms with Gasteiger partial charge in [0, 0.05) is 35.3 Å². The average Bonchev–Trinajstić information content (AvgIpc) is 2.71. The van der Waals surface area contributed by atoms with E-state index in [-0.39, 0.29) is 35.8 Å². The van der Waals surface area contributed by atoms with Crippen LogP contribution in [0.15, 0.2) is 53.4 Å². The van der Waals surface area contributed by atoms with Crippen LogP contribution in [0.4, 0.5) is 17.1 Å². The third kappa shape index (κ3) is 8.51. The van der Waals surface area contributed by atoms with Gasteiger partial charge in [0.2, 0.25) is 17.7 Å². The summed E-state index contributed by atoms with van der Waals surface area (Å²) in [6.07, 6.45) is 0.257. The van der Waals surface area contributed by atoms with Crippen LogP contribution in [0.2, 0.25) is 0 Å². The fourth-order valence-electron chi connectivity index (χ4n) is 2.64. The van der Waals surface area contributed by atoms with E-state index < -0.39 is 5.97 Å². The van der Waals surface area contributed by atoms with E-state index in [1.165, 1.54) is 18.7 Å². The molecule has 8 nitrogen and oxygen atoms in total. The predicted molar refractivity (Wildman–Crippen MR) is 121 cm³/mol. The summed E-state index contributed by atoms with van der Waals surface area (Å²) in [7, 11) is 0. The molecule has 0 radical (unpaired) electrons. The maximum atomic E-state index is 12.7. The molecular weight excluding hydrogens is 418 g/mol. The largest absolute Gasteiger partial charge is 0.481 e. The van der Waals surface area contributed by atoms with Crippen LogP contribution in [0.3, 0.4) is 0 Å². The van der Waals surface area contributed by atoms with Gasteiger partial charge in [-0.05, 0) is 48.9 Å². The Morgan fingerprint density at radius 2 is 1.55 bits per heavy atom. The van der Waals surface area contributed by atoms with Crippen molar-refractivity contribution in [2.45, 2.75) is 43.3 Å². The van der Waals surface area contributed by atoms with Crippen LogP contribution in [0.5, 0.6) is 0 Å². The smallest absolute Gasteiger partial charge is 0.303 e. The first-order valence-corrected chi connectivity index (χ1v) is 10.6. The highest BCUT2D eigenvalue weighted by molar-refractivity contribution is 8.00. The van der Waals surface area contributed by atoms with E-state index in [1.807, 2.05) is 13.0 Å². The molecule has 0 fully saturated rings. The summed E-state index contributed by atoms with van der Waals surface area (Å²) in [4.78, 5) is 47.0. The van der Waals surface area contributed by atoms with E-state index in [1.54, 1.807) is 42.5 Å². The number of amides is 3. The summed E-state index contributed by atoms with van der Waals surface area (Å²) >= 11 is 1.37. The van der Waals surface area contributed by atoms with Gasteiger partial charge in [-0.25, -0.2) is 0 Å². The quantitative estimate of drug-likeness (QED) is 0.412. The van der Waals surface area contributed by atoms with Crippen molar-refractivity contribution >= 4 is 52.5 Å². The molecule has 0 spiro atoms. The maximum absolute atomic E-state index is 12.7. The SMILES string of the molecule is CCC(Sc1cccc(NC(=O)CCC(=O)O)c1)C(=O)Nc1ccc(NC(C)=O)cc1. The molecule has 1 atom stereocenters. The van der Waals surface area contributed by atoms with Gasteiger partial charge in [0.25, 0.3) is 0 Å². The number of carboxylic acid groups (broad SMARTS) is 1. The molecule has 2 rings (SSSR count). The van der Waals surface area contributed by atoms with Gasteiger partial charge in [-0.1, -0.05) is 13.0 Å². The van der Waals surface area contributed by atoms with Gasteiger partial charge in [0.15, 0.2) is 0 Å². The molecule has 0 bridgehead atoms. The number of hydrogen-bond donors (Lipinski definition) is 4. The number of thioether (sulfide) groups is 1. The number of carbonyl (C=O) groups excluding carboxylic acids is 3. The van der Waals surface area contributed by atoms with Crippen molar-refractivity contribution in [2.24, 2.45) is 0 Å². The number of benzene rings is 2. The van der Waals surface area contributed by atoms with Gasteiger partial charge in [-0.3, -0.25) is 19.2 Å². The van der Waals surface area contributed by atoms with E-state index in [0.29, 0.717) is 23.5 Å². The molecule has 0 aliphatic carbocycles. The lowest BCUT2D eigenvalue weighted by atomic mass is 10.2. The van der Waals surface area contributed by atoms with Crippen molar-refractivity contribution in [2.75, 3.05) is 16.0 Å². The molecule has 1 unspecified atom stereocenters. The highest BCUT2D eigenvalue weighted by atomic mass is 32.2. The monoisotopic (exact) mass is 443 g/mol. The fourth-order valence-corrected chi connectivity index (χ4v) is 3.65. The van der Waals surface area contributed by atoms with Crippen LogP contribution in [-0.4, -0.2) is 34.0 Å². The Kier molecular flexibility index (Phi) is 9.08. The van der Waals surface area contributed by atoms with Crippen molar-refractivity contribution in [3.8, 4) is 0 Å². The molecule has 2 aromatic carbocycles. The summed E-state index contributed by atoms with van der Waals surface area (Å²) in [6.45, 7) is 3.34. The van der Waals surface area contributed by atoms with Gasteiger partial charge in [0.1, 0.15) is 0 Å². The van der Waals surface area contributed by atoms with E-state index in [0.717, 1.165) is 4.90 Å². The number of nitrogens with one attached hydrogen (secondary N) is 3. The van der Waals surface area contributed by atoms with E-state index in [9.17, 15) is 19.2 Å². The van der Waals surface area contributed by atoms with Crippen molar-refractivity contribution in [3.63, 3.8) is 0 Å². The van der Waals surface area contributed by atoms with Gasteiger partial charge in [-0.15, -0.1) is 11.8 Å². The second kappa shape index (κ2) is 11.8. The highest BCUT2D eigenvalue weighted by Crippen LogP contribution is 2.28. The number of aliphatic carboxylic acids is 1. The zero-order valence-corrected chi connectivity index (χ0v) is 18.1. The first-order chi connectivity index (χ1) is 14.8. The number of anilines is 3. The Balaban J connectivity index is 1.97. The molecule has 0 heterocycles. The standard InChI is InChI=1S/C22H25N3O5S/c1-3-19(22(30)25-16-9-7-15(8-10-16)23-14(2)26)31-18-6-4-5-17(13-18)24-20(27)11-12-21(28)29/h4-10,13,19H,3,11-12H2,1-2H3,(H,23,26)(H,24,27)(H,25,30)(H,28,29). The lowest BCUT2D eigenvalue weighted by Crippen LogP contribution is -2.24. The topological polar surface area (TPSA) is 125 Å². The van der Waals surface area contributed by atoms with E-state index in [4.69, 9.17) is 5.11 Å². The minimum absolute atomic E-state index is 0.104. The lowest BCUT2D eigenvalue weighted by Gasteiger charge is -2.16. The maximum Gasteiger partial charge on any atom is 0.303 e. The second-order valence-corrected chi connectivity index (χ2v) is 8.01. The van der Waals surface area contributed by atoms with Crippen LogP contribution >= 0.6 is 11.8 Å². The summed E-state index contributed by atoms with van der Waals surface area (Å²) in [5, 5.41) is 16.5. The molecule has 3 amide bonds. The molecule has 2 aromatic rings. The van der Waals surface area contributed by atoms with Crippen molar-refractivity contribution in [1.82, 2.24) is 0 Å². The Bertz CT molecular complexity index is 946. The molecule has 0 aromatic heterocycles. The van der Waals surface area contributed by atoms with Crippen LogP contribution < -0.4 is 16.0 Å². The number of carboxylic acids is 1. The minimum atomic E-state index is -1.03. The number of carbonyl (C=O) groups is 4.